The Morgan fingerprint density at radius 2 is 1.58 bits per heavy atom. The van der Waals surface area contributed by atoms with E-state index < -0.39 is 0 Å². The Hall–Kier alpha value is -2.62. The molecule has 0 bridgehead atoms. The zero-order valence-corrected chi connectivity index (χ0v) is 15.5. The summed E-state index contributed by atoms with van der Waals surface area (Å²) in [4.78, 5) is 27.3. The monoisotopic (exact) mass is 350 g/mol. The number of carbonyl (C=O) groups excluding carboxylic acids is 2. The molecule has 26 heavy (non-hydrogen) atoms. The fourth-order valence-electron chi connectivity index (χ4n) is 3.31. The van der Waals surface area contributed by atoms with Crippen LogP contribution in [0.2, 0.25) is 0 Å². The smallest absolute Gasteiger partial charge is 0.255 e. The summed E-state index contributed by atoms with van der Waals surface area (Å²) in [7, 11) is 0. The first-order chi connectivity index (χ1) is 12.5. The Morgan fingerprint density at radius 1 is 0.885 bits per heavy atom. The molecule has 0 spiro atoms. The Kier molecular flexibility index (Phi) is 5.71. The van der Waals surface area contributed by atoms with Gasteiger partial charge in [-0.3, -0.25) is 9.59 Å². The van der Waals surface area contributed by atoms with Gasteiger partial charge in [-0.15, -0.1) is 0 Å². The molecule has 1 N–H and O–H groups in total. The number of hydrogen-bond acceptors (Lipinski definition) is 2. The molecule has 0 aromatic heterocycles. The molecule has 4 heteroatoms. The molecular weight excluding hydrogens is 324 g/mol. The molecule has 2 amide bonds. The second-order valence-corrected chi connectivity index (χ2v) is 7.06. The second-order valence-electron chi connectivity index (χ2n) is 7.06. The maximum atomic E-state index is 12.8. The van der Waals surface area contributed by atoms with Crippen molar-refractivity contribution in [3.05, 3.63) is 64.7 Å². The van der Waals surface area contributed by atoms with Gasteiger partial charge in [-0.05, 0) is 62.1 Å². The quantitative estimate of drug-likeness (QED) is 0.881. The first-order valence-corrected chi connectivity index (χ1v) is 9.32. The van der Waals surface area contributed by atoms with Gasteiger partial charge in [0.2, 0.25) is 0 Å². The van der Waals surface area contributed by atoms with E-state index in [9.17, 15) is 9.59 Å². The van der Waals surface area contributed by atoms with E-state index in [1.54, 1.807) is 24.3 Å². The van der Waals surface area contributed by atoms with Gasteiger partial charge in [0, 0.05) is 29.9 Å². The molecule has 0 unspecified atom stereocenters. The van der Waals surface area contributed by atoms with Gasteiger partial charge in [-0.2, -0.15) is 0 Å². The van der Waals surface area contributed by atoms with Crippen LogP contribution >= 0.6 is 0 Å². The molecule has 4 nitrogen and oxygen atoms in total. The average Bonchev–Trinajstić information content (AvgIpc) is 2.93. The minimum absolute atomic E-state index is 0.0216. The van der Waals surface area contributed by atoms with Crippen LogP contribution in [0.4, 0.5) is 5.69 Å². The molecule has 1 heterocycles. The van der Waals surface area contributed by atoms with Crippen molar-refractivity contribution in [2.24, 2.45) is 0 Å². The lowest BCUT2D eigenvalue weighted by Crippen LogP contribution is -2.32. The van der Waals surface area contributed by atoms with Crippen LogP contribution in [-0.4, -0.2) is 29.8 Å². The number of aryl methyl sites for hydroxylation is 2. The van der Waals surface area contributed by atoms with Gasteiger partial charge in [-0.25, -0.2) is 0 Å². The fourth-order valence-corrected chi connectivity index (χ4v) is 3.31. The lowest BCUT2D eigenvalue weighted by Gasteiger charge is -2.20. The predicted molar refractivity (Wildman–Crippen MR) is 105 cm³/mol. The zero-order valence-electron chi connectivity index (χ0n) is 15.5. The molecule has 0 radical (unpaired) electrons. The highest BCUT2D eigenvalue weighted by Crippen LogP contribution is 2.19. The minimum Gasteiger partial charge on any atom is -0.339 e. The van der Waals surface area contributed by atoms with Crippen LogP contribution in [0.5, 0.6) is 0 Å². The standard InChI is InChI=1S/C22H26N2O2/c1-16-10-11-17(2)20(14-16)23-21(25)18-8-7-9-19(15-18)22(26)24-12-5-3-4-6-13-24/h7-11,14-15H,3-6,12-13H2,1-2H3,(H,23,25). The molecular formula is C22H26N2O2. The van der Waals surface area contributed by atoms with Gasteiger partial charge in [0.05, 0.1) is 0 Å². The van der Waals surface area contributed by atoms with E-state index in [0.29, 0.717) is 11.1 Å². The van der Waals surface area contributed by atoms with Crippen LogP contribution in [0.1, 0.15) is 57.5 Å². The molecule has 1 fully saturated rings. The summed E-state index contributed by atoms with van der Waals surface area (Å²) in [6, 6.07) is 13.0. The van der Waals surface area contributed by atoms with Crippen molar-refractivity contribution >= 4 is 17.5 Å². The molecule has 1 aliphatic rings. The molecule has 0 aliphatic carbocycles. The fraction of sp³-hybridized carbons (Fsp3) is 0.364. The average molecular weight is 350 g/mol. The number of nitrogens with one attached hydrogen (secondary N) is 1. The molecule has 0 atom stereocenters. The molecule has 136 valence electrons. The highest BCUT2D eigenvalue weighted by molar-refractivity contribution is 6.06. The van der Waals surface area contributed by atoms with Crippen molar-refractivity contribution in [3.63, 3.8) is 0 Å². The maximum Gasteiger partial charge on any atom is 0.255 e. The zero-order chi connectivity index (χ0) is 18.5. The summed E-state index contributed by atoms with van der Waals surface area (Å²) in [5, 5.41) is 2.96. The van der Waals surface area contributed by atoms with Crippen LogP contribution < -0.4 is 5.32 Å². The van der Waals surface area contributed by atoms with E-state index in [1.807, 2.05) is 36.9 Å². The highest BCUT2D eigenvalue weighted by Gasteiger charge is 2.18. The van der Waals surface area contributed by atoms with E-state index in [2.05, 4.69) is 5.32 Å². The number of likely N-dealkylation sites (tertiary alicyclic amines) is 1. The Morgan fingerprint density at radius 3 is 2.31 bits per heavy atom. The number of hydrogen-bond donors (Lipinski definition) is 1. The third-order valence-corrected chi connectivity index (χ3v) is 4.91. The van der Waals surface area contributed by atoms with E-state index in [-0.39, 0.29) is 11.8 Å². The topological polar surface area (TPSA) is 49.4 Å². The normalized spacial score (nSPS) is 14.6. The SMILES string of the molecule is Cc1ccc(C)c(NC(=O)c2cccc(C(=O)N3CCCCCC3)c2)c1. The third kappa shape index (κ3) is 4.31. The van der Waals surface area contributed by atoms with Gasteiger partial charge >= 0.3 is 0 Å². The van der Waals surface area contributed by atoms with E-state index >= 15 is 0 Å². The first-order valence-electron chi connectivity index (χ1n) is 9.32. The molecule has 2 aromatic carbocycles. The van der Waals surface area contributed by atoms with Crippen molar-refractivity contribution in [1.82, 2.24) is 4.90 Å². The maximum absolute atomic E-state index is 12.8. The van der Waals surface area contributed by atoms with Crippen molar-refractivity contribution < 1.29 is 9.59 Å². The largest absolute Gasteiger partial charge is 0.339 e. The summed E-state index contributed by atoms with van der Waals surface area (Å²) >= 11 is 0. The summed E-state index contributed by atoms with van der Waals surface area (Å²) < 4.78 is 0. The minimum atomic E-state index is -0.191. The van der Waals surface area contributed by atoms with Crippen molar-refractivity contribution in [2.75, 3.05) is 18.4 Å². The summed E-state index contributed by atoms with van der Waals surface area (Å²) in [6.45, 7) is 5.57. The van der Waals surface area contributed by atoms with Crippen molar-refractivity contribution in [2.45, 2.75) is 39.5 Å². The van der Waals surface area contributed by atoms with Crippen molar-refractivity contribution in [3.8, 4) is 0 Å². The molecule has 3 rings (SSSR count). The lowest BCUT2D eigenvalue weighted by molar-refractivity contribution is 0.0761. The number of rotatable bonds is 3. The molecule has 1 saturated heterocycles. The Labute approximate surface area is 155 Å². The summed E-state index contributed by atoms with van der Waals surface area (Å²) in [5.74, 6) is -0.169. The van der Waals surface area contributed by atoms with Crippen LogP contribution in [0, 0.1) is 13.8 Å². The van der Waals surface area contributed by atoms with Gasteiger partial charge < -0.3 is 10.2 Å². The Balaban J connectivity index is 1.76. The number of carbonyl (C=O) groups is 2. The molecule has 0 saturated carbocycles. The van der Waals surface area contributed by atoms with Crippen molar-refractivity contribution in [1.29, 1.82) is 0 Å². The number of benzene rings is 2. The summed E-state index contributed by atoms with van der Waals surface area (Å²) in [6.07, 6.45) is 4.47. The number of amides is 2. The van der Waals surface area contributed by atoms with E-state index in [4.69, 9.17) is 0 Å². The molecule has 2 aromatic rings. The summed E-state index contributed by atoms with van der Waals surface area (Å²) in [5.41, 5.74) is 4.00. The van der Waals surface area contributed by atoms with Gasteiger partial charge in [0.15, 0.2) is 0 Å². The molecule has 1 aliphatic heterocycles. The lowest BCUT2D eigenvalue weighted by atomic mass is 10.1. The van der Waals surface area contributed by atoms with E-state index in [1.165, 1.54) is 12.8 Å². The van der Waals surface area contributed by atoms with Crippen LogP contribution in [0.15, 0.2) is 42.5 Å². The van der Waals surface area contributed by atoms with Crippen LogP contribution in [0.25, 0.3) is 0 Å². The van der Waals surface area contributed by atoms with Gasteiger partial charge in [-0.1, -0.05) is 31.0 Å². The van der Waals surface area contributed by atoms with Gasteiger partial charge in [0.25, 0.3) is 11.8 Å². The Bertz CT molecular complexity index is 806. The highest BCUT2D eigenvalue weighted by atomic mass is 16.2. The van der Waals surface area contributed by atoms with E-state index in [0.717, 1.165) is 42.7 Å². The predicted octanol–water partition coefficient (Wildman–Crippen LogP) is 4.57. The third-order valence-electron chi connectivity index (χ3n) is 4.91. The number of nitrogens with zero attached hydrogens (tertiary/aromatic N) is 1. The van der Waals surface area contributed by atoms with Crippen LogP contribution in [0.3, 0.4) is 0 Å². The number of anilines is 1. The van der Waals surface area contributed by atoms with Gasteiger partial charge in [0.1, 0.15) is 0 Å². The second kappa shape index (κ2) is 8.17. The van der Waals surface area contributed by atoms with Crippen LogP contribution in [-0.2, 0) is 0 Å². The first kappa shape index (κ1) is 18.2.